The smallest absolute Gasteiger partial charge is 0 e. The molecule has 0 aliphatic rings. The van der Waals surface area contributed by atoms with Crippen LogP contribution >= 0.6 is 0 Å². The van der Waals surface area contributed by atoms with E-state index in [1.807, 2.05) is 0 Å². The monoisotopic (exact) mass is 346 g/mol. The summed E-state index contributed by atoms with van der Waals surface area (Å²) in [4.78, 5) is 0. The van der Waals surface area contributed by atoms with Crippen LogP contribution < -0.4 is 0 Å². The van der Waals surface area contributed by atoms with Crippen molar-refractivity contribution in [2.45, 2.75) is 0 Å². The molecule has 0 aromatic heterocycles. The molecule has 0 aromatic rings. The summed E-state index contributed by atoms with van der Waals surface area (Å²) in [6, 6.07) is 0. The van der Waals surface area contributed by atoms with Crippen LogP contribution in [0.2, 0.25) is 0 Å². The van der Waals surface area contributed by atoms with Gasteiger partial charge in [-0.25, -0.2) is 0 Å². The fourth-order valence-electron chi connectivity index (χ4n) is 0. The third-order valence-corrected chi connectivity index (χ3v) is 0. The fraction of sp³-hybridized carbons (Fsp3) is 0. The van der Waals surface area contributed by atoms with Gasteiger partial charge in [-0.1, -0.05) is 0 Å². The average Bonchev–Trinajstić information content (AvgIpc) is 0.918. The van der Waals surface area contributed by atoms with Crippen molar-refractivity contribution < 1.29 is 27.3 Å². The molecule has 24 valence electrons. The van der Waals surface area contributed by atoms with Gasteiger partial charge in [0.2, 0.25) is 0 Å². The summed E-state index contributed by atoms with van der Waals surface area (Å²) in [5.41, 5.74) is 0. The van der Waals surface area contributed by atoms with Gasteiger partial charge in [-0.2, -0.15) is 0 Å². The molecule has 0 saturated carbocycles. The molecule has 0 unspecified atom stereocenters. The van der Waals surface area contributed by atoms with Crippen LogP contribution in [0.25, 0.3) is 0 Å². The van der Waals surface area contributed by atoms with Crippen LogP contribution in [0.15, 0.2) is 0 Å². The zero-order valence-corrected chi connectivity index (χ0v) is 6.90. The third-order valence-electron chi connectivity index (χ3n) is 0. The van der Waals surface area contributed by atoms with Crippen LogP contribution in [0, 0.1) is 0 Å². The molecule has 0 fully saturated rings. The number of hydrogen-bond donors (Lipinski definition) is 0. The molecule has 4 heavy (non-hydrogen) atoms. The van der Waals surface area contributed by atoms with Crippen LogP contribution in [0.4, 0.5) is 0 Å². The zero-order chi connectivity index (χ0) is 2.71. The van der Waals surface area contributed by atoms with Crippen LogP contribution in [-0.2, 0) is 27.3 Å². The van der Waals surface area contributed by atoms with Gasteiger partial charge < -0.3 is 0 Å². The first-order valence-corrected chi connectivity index (χ1v) is 2.24. The maximum Gasteiger partial charge on any atom is 0 e. The van der Waals surface area contributed by atoms with Gasteiger partial charge in [-0.15, -0.1) is 0 Å². The summed E-state index contributed by atoms with van der Waals surface area (Å²) in [5.74, 6) is 0. The van der Waals surface area contributed by atoms with Gasteiger partial charge in [-0.3, -0.25) is 0 Å². The van der Waals surface area contributed by atoms with Gasteiger partial charge in [0.05, 0.1) is 0 Å². The number of rotatable bonds is 0. The van der Waals surface area contributed by atoms with Crippen molar-refractivity contribution in [1.29, 1.82) is 0 Å². The minimum atomic E-state index is -2.03. The Hall–Kier alpha value is 1.08. The van der Waals surface area contributed by atoms with Gasteiger partial charge in [0.1, 0.15) is 0 Å². The third kappa shape index (κ3) is 11.4. The van der Waals surface area contributed by atoms with Crippen LogP contribution in [0.1, 0.15) is 0 Å². The van der Waals surface area contributed by atoms with Crippen LogP contribution in [-0.4, -0.2) is 20.9 Å². The molecule has 2 nitrogen and oxygen atoms in total. The molecule has 0 saturated heterocycles. The Kier molecular flexibility index (Phi) is 19.9. The molecule has 0 radical (unpaired) electrons. The van der Waals surface area contributed by atoms with Gasteiger partial charge in [0.25, 0.3) is 0 Å². The Morgan fingerprint density at radius 2 is 1.25 bits per heavy atom. The Morgan fingerprint density at radius 1 is 1.25 bits per heavy atom. The first-order chi connectivity index (χ1) is 1.41. The molecule has 4 heteroatoms. The summed E-state index contributed by atoms with van der Waals surface area (Å²) in [6.07, 6.45) is 0. The van der Waals surface area contributed by atoms with E-state index in [9.17, 15) is 0 Å². The topological polar surface area (TPSA) is 34.1 Å². The van der Waals surface area contributed by atoms with Crippen molar-refractivity contribution in [3.63, 3.8) is 0 Å². The molecule has 0 aromatic carbocycles. The van der Waals surface area contributed by atoms with E-state index in [2.05, 4.69) is 0 Å². The Morgan fingerprint density at radius 3 is 1.25 bits per heavy atom. The molecule has 0 aliphatic carbocycles. The molecular weight excluding hydrogens is 343 g/mol. The Balaban J connectivity index is 0. The van der Waals surface area contributed by atoms with Crippen molar-refractivity contribution in [3.05, 3.63) is 0 Å². The second kappa shape index (κ2) is 8.95. The SMILES string of the molecule is O=[Te]=O.[W]. The van der Waals surface area contributed by atoms with Crippen LogP contribution in [0.5, 0.6) is 0 Å². The maximum absolute atomic E-state index is 8.50. The van der Waals surface area contributed by atoms with Gasteiger partial charge in [0.15, 0.2) is 0 Å². The molecule has 0 rings (SSSR count). The second-order valence-electron chi connectivity index (χ2n) is 0.0680. The standard InChI is InChI=1S/O2Te.W/c1-3-2;. The molecule has 0 N–H and O–H groups in total. The Labute approximate surface area is 48.1 Å². The normalized spacial score (nSPS) is 3.00. The molecular formula is O2TeW. The van der Waals surface area contributed by atoms with Crippen molar-refractivity contribution in [2.75, 3.05) is 0 Å². The predicted molar refractivity (Wildman–Crippen MR) is 7.13 cm³/mol. The fourth-order valence-corrected chi connectivity index (χ4v) is 0. The maximum atomic E-state index is 8.50. The average molecular weight is 343 g/mol. The zero-order valence-electron chi connectivity index (χ0n) is 1.63. The van der Waals surface area contributed by atoms with Gasteiger partial charge >= 0.3 is 27.1 Å². The van der Waals surface area contributed by atoms with E-state index in [-0.39, 0.29) is 21.1 Å². The first kappa shape index (κ1) is 8.91. The minimum Gasteiger partial charge on any atom is 0 e. The molecule has 0 amide bonds. The van der Waals surface area contributed by atoms with Crippen molar-refractivity contribution >= 4 is 20.9 Å². The Bertz CT molecular complexity index is 27.0. The number of hydrogen-bond acceptors (Lipinski definition) is 2. The van der Waals surface area contributed by atoms with Gasteiger partial charge in [-0.05, 0) is 0 Å². The minimum absolute atomic E-state index is 0. The summed E-state index contributed by atoms with van der Waals surface area (Å²) in [7, 11) is 0. The summed E-state index contributed by atoms with van der Waals surface area (Å²) in [5, 5.41) is 0. The van der Waals surface area contributed by atoms with E-state index in [1.165, 1.54) is 0 Å². The quantitative estimate of drug-likeness (QED) is 0.550. The van der Waals surface area contributed by atoms with E-state index < -0.39 is 20.9 Å². The second-order valence-corrected chi connectivity index (χ2v) is 0.456. The predicted octanol–water partition coefficient (Wildman–Crippen LogP) is -0.621. The van der Waals surface area contributed by atoms with E-state index in [0.717, 1.165) is 0 Å². The van der Waals surface area contributed by atoms with Gasteiger partial charge in [0, 0.05) is 21.1 Å². The van der Waals surface area contributed by atoms with Crippen LogP contribution in [0.3, 0.4) is 0 Å². The van der Waals surface area contributed by atoms with Crippen molar-refractivity contribution in [1.82, 2.24) is 0 Å². The molecule has 0 bridgehead atoms. The summed E-state index contributed by atoms with van der Waals surface area (Å²) in [6.45, 7) is 0. The first-order valence-electron chi connectivity index (χ1n) is 0.333. The van der Waals surface area contributed by atoms with E-state index >= 15 is 0 Å². The molecule has 0 atom stereocenters. The van der Waals surface area contributed by atoms with E-state index in [4.69, 9.17) is 6.21 Å². The van der Waals surface area contributed by atoms with Crippen molar-refractivity contribution in [3.8, 4) is 0 Å². The summed E-state index contributed by atoms with van der Waals surface area (Å²) < 4.78 is 17.0. The van der Waals surface area contributed by atoms with E-state index in [0.29, 0.717) is 0 Å². The van der Waals surface area contributed by atoms with Crippen molar-refractivity contribution in [2.24, 2.45) is 0 Å². The van der Waals surface area contributed by atoms with E-state index in [1.54, 1.807) is 0 Å². The molecule has 0 spiro atoms. The summed E-state index contributed by atoms with van der Waals surface area (Å²) >= 11 is -2.03. The molecule has 0 heterocycles. The largest absolute Gasteiger partial charge is 0 e. The molecule has 0 aliphatic heterocycles.